The number of nitrogens with one attached hydrogen (secondary N) is 2. The number of aromatic nitrogens is 2. The van der Waals surface area contributed by atoms with Crippen molar-refractivity contribution in [1.82, 2.24) is 9.78 Å². The molecule has 0 unspecified atom stereocenters. The number of anilines is 2. The molecule has 2 N–H and O–H groups in total. The molecule has 0 fully saturated rings. The summed E-state index contributed by atoms with van der Waals surface area (Å²) in [5.74, 6) is 0.416. The second-order valence-corrected chi connectivity index (χ2v) is 7.64. The Labute approximate surface area is 201 Å². The number of hydrogen-bond acceptors (Lipinski definition) is 5. The van der Waals surface area contributed by atoms with Crippen LogP contribution in [0.3, 0.4) is 0 Å². The molecule has 172 valence electrons. The van der Waals surface area contributed by atoms with Crippen molar-refractivity contribution in [3.8, 4) is 17.3 Å². The van der Waals surface area contributed by atoms with Crippen molar-refractivity contribution in [2.45, 2.75) is 6.92 Å². The average molecular weight is 477 g/mol. The first-order chi connectivity index (χ1) is 16.4. The third-order valence-corrected chi connectivity index (χ3v) is 5.11. The van der Waals surface area contributed by atoms with Crippen LogP contribution in [-0.4, -0.2) is 28.9 Å². The van der Waals surface area contributed by atoms with Crippen molar-refractivity contribution in [2.75, 3.05) is 17.7 Å². The Bertz CT molecular complexity index is 1340. The van der Waals surface area contributed by atoms with Gasteiger partial charge in [-0.1, -0.05) is 35.9 Å². The third kappa shape index (κ3) is 5.19. The largest absolute Gasteiger partial charge is 0.465 e. The molecule has 0 atom stereocenters. The summed E-state index contributed by atoms with van der Waals surface area (Å²) in [5, 5.41) is 10.5. The number of carbonyl (C=O) groups is 2. The zero-order chi connectivity index (χ0) is 24.1. The van der Waals surface area contributed by atoms with E-state index in [1.165, 1.54) is 7.11 Å². The molecule has 9 heteroatoms. The summed E-state index contributed by atoms with van der Waals surface area (Å²) in [6.45, 7) is 1.85. The van der Waals surface area contributed by atoms with Crippen LogP contribution in [0.5, 0.6) is 11.6 Å². The minimum absolute atomic E-state index is 0.387. The van der Waals surface area contributed by atoms with Crippen LogP contribution < -0.4 is 15.4 Å². The summed E-state index contributed by atoms with van der Waals surface area (Å²) in [7, 11) is 1.31. The Morgan fingerprint density at radius 3 is 2.38 bits per heavy atom. The molecule has 2 amide bonds. The lowest BCUT2D eigenvalue weighted by Crippen LogP contribution is -2.19. The van der Waals surface area contributed by atoms with E-state index in [1.807, 2.05) is 25.1 Å². The zero-order valence-corrected chi connectivity index (χ0v) is 19.2. The maximum Gasteiger partial charge on any atom is 0.337 e. The van der Waals surface area contributed by atoms with Gasteiger partial charge in [-0.05, 0) is 55.5 Å². The van der Waals surface area contributed by atoms with Crippen molar-refractivity contribution in [2.24, 2.45) is 0 Å². The number of ether oxygens (including phenoxy) is 2. The first kappa shape index (κ1) is 22.9. The monoisotopic (exact) mass is 476 g/mol. The van der Waals surface area contributed by atoms with Gasteiger partial charge in [0.15, 0.2) is 5.75 Å². The fourth-order valence-corrected chi connectivity index (χ4v) is 3.42. The predicted molar refractivity (Wildman–Crippen MR) is 130 cm³/mol. The van der Waals surface area contributed by atoms with Gasteiger partial charge in [-0.25, -0.2) is 9.59 Å². The SMILES string of the molecule is COC(=O)c1ccc(NC(=O)Nc2ccccc2Oc2cc(C)nn2-c2ccccc2Cl)cc1. The molecule has 0 aliphatic heterocycles. The van der Waals surface area contributed by atoms with E-state index >= 15 is 0 Å². The van der Waals surface area contributed by atoms with Crippen molar-refractivity contribution >= 4 is 35.0 Å². The van der Waals surface area contributed by atoms with E-state index in [0.717, 1.165) is 5.69 Å². The fourth-order valence-electron chi connectivity index (χ4n) is 3.21. The van der Waals surface area contributed by atoms with Crippen LogP contribution in [0.4, 0.5) is 16.2 Å². The smallest absolute Gasteiger partial charge is 0.337 e. The maximum absolute atomic E-state index is 12.6. The number of para-hydroxylation sites is 3. The van der Waals surface area contributed by atoms with Crippen molar-refractivity contribution < 1.29 is 19.1 Å². The molecule has 0 radical (unpaired) electrons. The quantitative estimate of drug-likeness (QED) is 0.330. The molecule has 0 saturated carbocycles. The number of aryl methyl sites for hydroxylation is 1. The first-order valence-electron chi connectivity index (χ1n) is 10.3. The van der Waals surface area contributed by atoms with Gasteiger partial charge in [-0.3, -0.25) is 0 Å². The summed E-state index contributed by atoms with van der Waals surface area (Å²) < 4.78 is 12.4. The highest BCUT2D eigenvalue weighted by Gasteiger charge is 2.15. The lowest BCUT2D eigenvalue weighted by Gasteiger charge is -2.14. The van der Waals surface area contributed by atoms with E-state index in [0.29, 0.717) is 39.3 Å². The third-order valence-electron chi connectivity index (χ3n) is 4.79. The van der Waals surface area contributed by atoms with Crippen LogP contribution >= 0.6 is 11.6 Å². The topological polar surface area (TPSA) is 94.5 Å². The lowest BCUT2D eigenvalue weighted by atomic mass is 10.2. The number of nitrogens with zero attached hydrogens (tertiary/aromatic N) is 2. The predicted octanol–water partition coefficient (Wildman–Crippen LogP) is 6.06. The molecule has 3 aromatic carbocycles. The number of carbonyl (C=O) groups excluding carboxylic acids is 2. The number of methoxy groups -OCH3 is 1. The van der Waals surface area contributed by atoms with E-state index in [-0.39, 0.29) is 0 Å². The average Bonchev–Trinajstić information content (AvgIpc) is 3.20. The van der Waals surface area contributed by atoms with Crippen LogP contribution in [0.25, 0.3) is 5.69 Å². The highest BCUT2D eigenvalue weighted by molar-refractivity contribution is 6.32. The van der Waals surface area contributed by atoms with Crippen molar-refractivity contribution in [3.05, 3.63) is 95.1 Å². The Morgan fingerprint density at radius 1 is 0.941 bits per heavy atom. The normalized spacial score (nSPS) is 10.4. The molecule has 0 bridgehead atoms. The van der Waals surface area contributed by atoms with Gasteiger partial charge < -0.3 is 20.1 Å². The van der Waals surface area contributed by atoms with Gasteiger partial charge in [0.1, 0.15) is 0 Å². The Balaban J connectivity index is 1.52. The Morgan fingerprint density at radius 2 is 1.65 bits per heavy atom. The number of rotatable bonds is 6. The summed E-state index contributed by atoms with van der Waals surface area (Å²) in [4.78, 5) is 24.2. The molecule has 34 heavy (non-hydrogen) atoms. The number of benzene rings is 3. The minimum Gasteiger partial charge on any atom is -0.465 e. The molecule has 0 aliphatic rings. The number of urea groups is 1. The van der Waals surface area contributed by atoms with Gasteiger partial charge in [-0.15, -0.1) is 0 Å². The molecule has 0 aliphatic carbocycles. The minimum atomic E-state index is -0.474. The van der Waals surface area contributed by atoms with Crippen LogP contribution in [0.2, 0.25) is 5.02 Å². The van der Waals surface area contributed by atoms with Crippen molar-refractivity contribution in [3.63, 3.8) is 0 Å². The van der Waals surface area contributed by atoms with Crippen LogP contribution in [0.1, 0.15) is 16.1 Å². The lowest BCUT2D eigenvalue weighted by molar-refractivity contribution is 0.0600. The second-order valence-electron chi connectivity index (χ2n) is 7.23. The fraction of sp³-hybridized carbons (Fsp3) is 0.0800. The summed E-state index contributed by atoms with van der Waals surface area (Å²) in [6.07, 6.45) is 0. The zero-order valence-electron chi connectivity index (χ0n) is 18.4. The number of amides is 2. The van der Waals surface area contributed by atoms with Gasteiger partial charge in [0.25, 0.3) is 0 Å². The van der Waals surface area contributed by atoms with Gasteiger partial charge in [0.2, 0.25) is 5.88 Å². The van der Waals surface area contributed by atoms with Crippen LogP contribution in [-0.2, 0) is 4.74 Å². The maximum atomic E-state index is 12.6. The van der Waals surface area contributed by atoms with Crippen molar-refractivity contribution in [1.29, 1.82) is 0 Å². The number of halogens is 1. The molecule has 1 aromatic heterocycles. The first-order valence-corrected chi connectivity index (χ1v) is 10.7. The van der Waals surface area contributed by atoms with E-state index in [1.54, 1.807) is 65.3 Å². The Kier molecular flexibility index (Phi) is 6.79. The molecule has 1 heterocycles. The van der Waals surface area contributed by atoms with E-state index < -0.39 is 12.0 Å². The summed E-state index contributed by atoms with van der Waals surface area (Å²) in [6, 6.07) is 22.0. The number of esters is 1. The van der Waals surface area contributed by atoms with E-state index in [2.05, 4.69) is 20.5 Å². The molecular formula is C25H21ClN4O4. The van der Waals surface area contributed by atoms with Gasteiger partial charge in [0, 0.05) is 11.8 Å². The summed E-state index contributed by atoms with van der Waals surface area (Å²) in [5.41, 5.74) is 2.77. The molecule has 4 rings (SSSR count). The van der Waals surface area contributed by atoms with E-state index in [9.17, 15) is 9.59 Å². The van der Waals surface area contributed by atoms with Crippen LogP contribution in [0.15, 0.2) is 78.9 Å². The highest BCUT2D eigenvalue weighted by atomic mass is 35.5. The Hall–Kier alpha value is -4.30. The molecule has 0 spiro atoms. The van der Waals surface area contributed by atoms with Gasteiger partial charge in [-0.2, -0.15) is 9.78 Å². The molecule has 8 nitrogen and oxygen atoms in total. The van der Waals surface area contributed by atoms with E-state index in [4.69, 9.17) is 16.3 Å². The molecule has 0 saturated heterocycles. The number of hydrogen-bond donors (Lipinski definition) is 2. The molecule has 4 aromatic rings. The van der Waals surface area contributed by atoms with Gasteiger partial charge in [0.05, 0.1) is 34.8 Å². The molecular weight excluding hydrogens is 456 g/mol. The standard InChI is InChI=1S/C25H21ClN4O4/c1-16-15-23(30(29-16)21-9-5-3-7-19(21)26)34-22-10-6-4-8-20(22)28-25(32)27-18-13-11-17(12-14-18)24(31)33-2/h3-15H,1-2H3,(H2,27,28,32). The van der Waals surface area contributed by atoms with Crippen LogP contribution in [0, 0.1) is 6.92 Å². The summed E-state index contributed by atoms with van der Waals surface area (Å²) >= 11 is 6.35. The highest BCUT2D eigenvalue weighted by Crippen LogP contribution is 2.32. The second kappa shape index (κ2) is 10.1. The van der Waals surface area contributed by atoms with Gasteiger partial charge >= 0.3 is 12.0 Å².